The Kier molecular flexibility index (Phi) is 6.57. The van der Waals surface area contributed by atoms with Crippen LogP contribution in [0.2, 0.25) is 0 Å². The van der Waals surface area contributed by atoms with Crippen molar-refractivity contribution < 1.29 is 9.53 Å². The number of rotatable bonds is 7. The molecular formula is C24H28N2O2S. The van der Waals surface area contributed by atoms with E-state index in [9.17, 15) is 4.79 Å². The van der Waals surface area contributed by atoms with Gasteiger partial charge < -0.3 is 9.72 Å². The van der Waals surface area contributed by atoms with Gasteiger partial charge in [0.2, 0.25) is 0 Å². The van der Waals surface area contributed by atoms with Gasteiger partial charge in [0.1, 0.15) is 5.75 Å². The topological polar surface area (TPSA) is 45.3 Å². The van der Waals surface area contributed by atoms with Crippen LogP contribution in [0.4, 0.5) is 0 Å². The predicted molar refractivity (Wildman–Crippen MR) is 120 cm³/mol. The molecule has 5 heteroatoms. The zero-order valence-electron chi connectivity index (χ0n) is 16.9. The summed E-state index contributed by atoms with van der Waals surface area (Å²) >= 11 is 1.99. The minimum atomic E-state index is -0.283. The van der Waals surface area contributed by atoms with Gasteiger partial charge in [0.25, 0.3) is 0 Å². The molecule has 1 aliphatic heterocycles. The van der Waals surface area contributed by atoms with Crippen LogP contribution in [0.5, 0.6) is 5.75 Å². The number of H-pyrrole nitrogens is 1. The highest BCUT2D eigenvalue weighted by atomic mass is 32.2. The Balaban J connectivity index is 1.23. The van der Waals surface area contributed by atoms with Crippen molar-refractivity contribution in [3.8, 4) is 5.75 Å². The van der Waals surface area contributed by atoms with Gasteiger partial charge in [-0.3, -0.25) is 9.10 Å². The molecule has 0 atom stereocenters. The van der Waals surface area contributed by atoms with Crippen LogP contribution < -0.4 is 4.74 Å². The SMILES string of the molecule is CC(=O)Oc1ccc2[nH]cc(CCCSN3CCC(c4ccccc4)CC3)c2c1. The Morgan fingerprint density at radius 3 is 2.72 bits per heavy atom. The molecule has 1 saturated heterocycles. The van der Waals surface area contributed by atoms with Gasteiger partial charge in [-0.05, 0) is 60.9 Å². The van der Waals surface area contributed by atoms with Gasteiger partial charge in [-0.25, -0.2) is 0 Å². The lowest BCUT2D eigenvalue weighted by Gasteiger charge is -2.31. The lowest BCUT2D eigenvalue weighted by Crippen LogP contribution is -2.27. The Morgan fingerprint density at radius 1 is 1.17 bits per heavy atom. The van der Waals surface area contributed by atoms with Crippen LogP contribution >= 0.6 is 11.9 Å². The summed E-state index contributed by atoms with van der Waals surface area (Å²) in [6.45, 7) is 3.77. The molecule has 1 aromatic heterocycles. The first-order valence-electron chi connectivity index (χ1n) is 10.4. The summed E-state index contributed by atoms with van der Waals surface area (Å²) in [6, 6.07) is 16.7. The maximum atomic E-state index is 11.2. The molecular weight excluding hydrogens is 380 g/mol. The maximum absolute atomic E-state index is 11.2. The summed E-state index contributed by atoms with van der Waals surface area (Å²) in [5, 5.41) is 1.15. The summed E-state index contributed by atoms with van der Waals surface area (Å²) in [4.78, 5) is 14.5. The van der Waals surface area contributed by atoms with E-state index >= 15 is 0 Å². The van der Waals surface area contributed by atoms with E-state index in [0.717, 1.165) is 29.5 Å². The third-order valence-electron chi connectivity index (χ3n) is 5.59. The average molecular weight is 409 g/mol. The van der Waals surface area contributed by atoms with Crippen LogP contribution in [0.15, 0.2) is 54.7 Å². The molecule has 0 radical (unpaired) electrons. The zero-order valence-corrected chi connectivity index (χ0v) is 17.7. The standard InChI is InChI=1S/C24H28N2O2S/c1-18(27)28-22-9-10-24-23(16-22)21(17-25-24)8-5-15-29-26-13-11-20(12-14-26)19-6-3-2-4-7-19/h2-4,6-7,9-10,16-17,20,25H,5,8,11-15H2,1H3. The van der Waals surface area contributed by atoms with Crippen molar-refractivity contribution in [2.24, 2.45) is 0 Å². The molecule has 2 heterocycles. The molecule has 0 bridgehead atoms. The molecule has 4 nitrogen and oxygen atoms in total. The number of aryl methyl sites for hydroxylation is 1. The number of piperidine rings is 1. The lowest BCUT2D eigenvalue weighted by atomic mass is 9.90. The molecule has 29 heavy (non-hydrogen) atoms. The second-order valence-corrected chi connectivity index (χ2v) is 8.85. The number of ether oxygens (including phenoxy) is 1. The number of aromatic amines is 1. The summed E-state index contributed by atoms with van der Waals surface area (Å²) in [6.07, 6.45) is 6.74. The fourth-order valence-corrected chi connectivity index (χ4v) is 5.09. The third-order valence-corrected chi connectivity index (χ3v) is 6.79. The first-order chi connectivity index (χ1) is 14.2. The molecule has 1 aliphatic rings. The first kappa shape index (κ1) is 20.0. The van der Waals surface area contributed by atoms with Crippen LogP contribution in [0.25, 0.3) is 10.9 Å². The molecule has 0 amide bonds. The second kappa shape index (κ2) is 9.51. The fraction of sp³-hybridized carbons (Fsp3) is 0.375. The van der Waals surface area contributed by atoms with E-state index in [4.69, 9.17) is 4.74 Å². The number of carbonyl (C=O) groups is 1. The third kappa shape index (κ3) is 5.22. The molecule has 4 rings (SSSR count). The molecule has 152 valence electrons. The molecule has 0 saturated carbocycles. The van der Waals surface area contributed by atoms with Gasteiger partial charge in [0.05, 0.1) is 0 Å². The molecule has 1 N–H and O–H groups in total. The van der Waals surface area contributed by atoms with E-state index in [0.29, 0.717) is 11.7 Å². The van der Waals surface area contributed by atoms with E-state index in [2.05, 4.69) is 45.8 Å². The van der Waals surface area contributed by atoms with Crippen molar-refractivity contribution >= 4 is 28.8 Å². The van der Waals surface area contributed by atoms with Crippen molar-refractivity contribution in [1.82, 2.24) is 9.29 Å². The van der Waals surface area contributed by atoms with Gasteiger partial charge in [-0.2, -0.15) is 0 Å². The molecule has 3 aromatic rings. The van der Waals surface area contributed by atoms with Crippen LogP contribution in [0.1, 0.15) is 43.2 Å². The number of esters is 1. The number of carbonyl (C=O) groups excluding carboxylic acids is 1. The molecule has 2 aromatic carbocycles. The Hall–Kier alpha value is -2.24. The van der Waals surface area contributed by atoms with Gasteiger partial charge >= 0.3 is 5.97 Å². The molecule has 0 spiro atoms. The van der Waals surface area contributed by atoms with E-state index in [-0.39, 0.29) is 5.97 Å². The van der Waals surface area contributed by atoms with Gasteiger partial charge in [-0.15, -0.1) is 0 Å². The highest BCUT2D eigenvalue weighted by Crippen LogP contribution is 2.31. The number of fused-ring (bicyclic) bond motifs is 1. The second-order valence-electron chi connectivity index (χ2n) is 7.67. The Bertz CT molecular complexity index is 946. The van der Waals surface area contributed by atoms with E-state index in [1.54, 1.807) is 0 Å². The number of nitrogens with one attached hydrogen (secondary N) is 1. The van der Waals surface area contributed by atoms with Gasteiger partial charge in [-0.1, -0.05) is 42.3 Å². The van der Waals surface area contributed by atoms with Crippen LogP contribution in [-0.2, 0) is 11.2 Å². The van der Waals surface area contributed by atoms with Crippen molar-refractivity contribution in [2.75, 3.05) is 18.8 Å². The molecule has 0 unspecified atom stereocenters. The van der Waals surface area contributed by atoms with Crippen LogP contribution in [0.3, 0.4) is 0 Å². The largest absolute Gasteiger partial charge is 0.427 e. The van der Waals surface area contributed by atoms with Crippen LogP contribution in [0, 0.1) is 0 Å². The minimum Gasteiger partial charge on any atom is -0.427 e. The Morgan fingerprint density at radius 2 is 1.97 bits per heavy atom. The van der Waals surface area contributed by atoms with Crippen molar-refractivity contribution in [1.29, 1.82) is 0 Å². The van der Waals surface area contributed by atoms with E-state index in [1.165, 1.54) is 44.0 Å². The monoisotopic (exact) mass is 408 g/mol. The van der Waals surface area contributed by atoms with E-state index in [1.807, 2.05) is 30.1 Å². The number of aromatic nitrogens is 1. The quantitative estimate of drug-likeness (QED) is 0.241. The summed E-state index contributed by atoms with van der Waals surface area (Å²) in [5.41, 5.74) is 3.87. The van der Waals surface area contributed by atoms with Crippen molar-refractivity contribution in [3.63, 3.8) is 0 Å². The maximum Gasteiger partial charge on any atom is 0.308 e. The number of benzene rings is 2. The normalized spacial score (nSPS) is 15.6. The lowest BCUT2D eigenvalue weighted by molar-refractivity contribution is -0.131. The average Bonchev–Trinajstić information content (AvgIpc) is 3.14. The van der Waals surface area contributed by atoms with Crippen molar-refractivity contribution in [2.45, 2.75) is 38.5 Å². The Labute approximate surface area is 176 Å². The number of nitrogens with zero attached hydrogens (tertiary/aromatic N) is 1. The first-order valence-corrected chi connectivity index (χ1v) is 11.3. The highest BCUT2D eigenvalue weighted by Gasteiger charge is 2.20. The number of hydrogen-bond acceptors (Lipinski definition) is 4. The highest BCUT2D eigenvalue weighted by molar-refractivity contribution is 7.97. The number of hydrogen-bond donors (Lipinski definition) is 1. The fourth-order valence-electron chi connectivity index (χ4n) is 4.09. The van der Waals surface area contributed by atoms with E-state index < -0.39 is 0 Å². The summed E-state index contributed by atoms with van der Waals surface area (Å²) < 4.78 is 7.76. The smallest absolute Gasteiger partial charge is 0.308 e. The summed E-state index contributed by atoms with van der Waals surface area (Å²) in [7, 11) is 0. The zero-order chi connectivity index (χ0) is 20.1. The molecule has 1 fully saturated rings. The van der Waals surface area contributed by atoms with Crippen LogP contribution in [-0.4, -0.2) is 34.1 Å². The predicted octanol–water partition coefficient (Wildman–Crippen LogP) is 5.55. The minimum absolute atomic E-state index is 0.283. The van der Waals surface area contributed by atoms with Crippen molar-refractivity contribution in [3.05, 3.63) is 65.9 Å². The van der Waals surface area contributed by atoms with Gasteiger partial charge in [0.15, 0.2) is 0 Å². The molecule has 0 aliphatic carbocycles. The summed E-state index contributed by atoms with van der Waals surface area (Å²) in [5.74, 6) is 2.17. The van der Waals surface area contributed by atoms with Gasteiger partial charge in [0, 0.05) is 42.9 Å².